The Morgan fingerprint density at radius 3 is 2.55 bits per heavy atom. The number of hydrogen-bond donors (Lipinski definition) is 5. The summed E-state index contributed by atoms with van der Waals surface area (Å²) in [6, 6.07) is 9.81. The minimum absolute atomic E-state index is 0.185. The Kier molecular flexibility index (Phi) is 3.79. The molecule has 176 valence electrons. The summed E-state index contributed by atoms with van der Waals surface area (Å²) in [5, 5.41) is 47.3. The van der Waals surface area contributed by atoms with Crippen molar-refractivity contribution >= 4 is 0 Å². The molecule has 33 heavy (non-hydrogen) atoms. The van der Waals surface area contributed by atoms with Gasteiger partial charge in [0, 0.05) is 28.5 Å². The Labute approximate surface area is 192 Å². The number of benzene rings is 1. The van der Waals surface area contributed by atoms with Crippen LogP contribution in [0.3, 0.4) is 0 Å². The third-order valence-corrected chi connectivity index (χ3v) is 10.3. The van der Waals surface area contributed by atoms with Gasteiger partial charge in [0.15, 0.2) is 0 Å². The molecule has 2 saturated heterocycles. The van der Waals surface area contributed by atoms with Crippen LogP contribution in [0.4, 0.5) is 0 Å². The number of H-pyrrole nitrogens is 1. The van der Waals surface area contributed by atoms with Gasteiger partial charge < -0.3 is 30.1 Å². The number of aromatic amines is 1. The van der Waals surface area contributed by atoms with Crippen LogP contribution in [0.5, 0.6) is 0 Å². The van der Waals surface area contributed by atoms with Gasteiger partial charge in [0.2, 0.25) is 5.79 Å². The number of rotatable bonds is 1. The topological polar surface area (TPSA) is 119 Å². The van der Waals surface area contributed by atoms with E-state index in [1.807, 2.05) is 30.3 Å². The van der Waals surface area contributed by atoms with Gasteiger partial charge in [-0.2, -0.15) is 0 Å². The number of ether oxygens (including phenoxy) is 1. The Morgan fingerprint density at radius 1 is 1.03 bits per heavy atom. The Hall–Kier alpha value is -1.77. The number of aliphatic hydroxyl groups excluding tert-OH is 3. The monoisotopic (exact) mass is 452 g/mol. The van der Waals surface area contributed by atoms with Crippen LogP contribution in [-0.2, 0) is 10.2 Å². The average molecular weight is 453 g/mol. The molecule has 8 rings (SSSR count). The lowest BCUT2D eigenvalue weighted by atomic mass is 9.35. The maximum absolute atomic E-state index is 12.2. The minimum atomic E-state index is -1.97. The second-order valence-electron chi connectivity index (χ2n) is 11.8. The highest BCUT2D eigenvalue weighted by Crippen LogP contribution is 2.76. The molecule has 9 atom stereocenters. The van der Waals surface area contributed by atoms with Gasteiger partial charge in [-0.15, -0.1) is 0 Å². The molecule has 7 heteroatoms. The van der Waals surface area contributed by atoms with Crippen LogP contribution >= 0.6 is 0 Å². The van der Waals surface area contributed by atoms with Crippen molar-refractivity contribution in [1.82, 2.24) is 9.97 Å². The number of hydrogen-bond acceptors (Lipinski definition) is 6. The van der Waals surface area contributed by atoms with E-state index in [1.165, 1.54) is 0 Å². The first-order chi connectivity index (χ1) is 15.7. The normalized spacial score (nSPS) is 48.8. The molecule has 5 N–H and O–H groups in total. The van der Waals surface area contributed by atoms with Gasteiger partial charge in [-0.25, -0.2) is 4.98 Å². The number of nitrogens with zero attached hydrogens (tertiary/aromatic N) is 1. The van der Waals surface area contributed by atoms with Gasteiger partial charge in [0.1, 0.15) is 17.3 Å². The Bertz CT molecular complexity index is 1130. The highest BCUT2D eigenvalue weighted by atomic mass is 16.6. The molecule has 3 unspecified atom stereocenters. The maximum Gasteiger partial charge on any atom is 0.206 e. The smallest absolute Gasteiger partial charge is 0.206 e. The molecular formula is C26H32N2O5. The molecule has 3 saturated carbocycles. The van der Waals surface area contributed by atoms with Crippen LogP contribution in [-0.4, -0.2) is 61.1 Å². The summed E-state index contributed by atoms with van der Waals surface area (Å²) in [6.07, 6.45) is 0.0298. The van der Waals surface area contributed by atoms with Crippen LogP contribution in [0, 0.1) is 22.7 Å². The first kappa shape index (κ1) is 20.6. The Balaban J connectivity index is 1.49. The van der Waals surface area contributed by atoms with Crippen LogP contribution in [0.15, 0.2) is 30.3 Å². The van der Waals surface area contributed by atoms with E-state index >= 15 is 0 Å². The number of aliphatic hydroxyl groups is 4. The van der Waals surface area contributed by atoms with Crippen molar-refractivity contribution in [3.63, 3.8) is 0 Å². The van der Waals surface area contributed by atoms with Crippen molar-refractivity contribution in [1.29, 1.82) is 0 Å². The first-order valence-electron chi connectivity index (χ1n) is 12.3. The number of nitrogens with one attached hydrogen (secondary N) is 1. The predicted molar refractivity (Wildman–Crippen MR) is 119 cm³/mol. The van der Waals surface area contributed by atoms with Crippen LogP contribution in [0.2, 0.25) is 0 Å². The lowest BCUT2D eigenvalue weighted by Gasteiger charge is -2.75. The third kappa shape index (κ3) is 2.02. The molecular weight excluding hydrogens is 420 g/mol. The van der Waals surface area contributed by atoms with Crippen molar-refractivity contribution in [2.24, 2.45) is 22.7 Å². The fourth-order valence-electron chi connectivity index (χ4n) is 9.12. The molecule has 7 nitrogen and oxygen atoms in total. The molecule has 3 heterocycles. The molecule has 2 spiro atoms. The summed E-state index contributed by atoms with van der Waals surface area (Å²) in [4.78, 5) is 8.42. The zero-order valence-corrected chi connectivity index (χ0v) is 19.0. The molecule has 2 aliphatic heterocycles. The van der Waals surface area contributed by atoms with E-state index in [-0.39, 0.29) is 29.8 Å². The summed E-state index contributed by atoms with van der Waals surface area (Å²) in [7, 11) is 0. The van der Waals surface area contributed by atoms with Crippen LogP contribution in [0.1, 0.15) is 56.8 Å². The fraction of sp³-hybridized carbons (Fsp3) is 0.654. The molecule has 0 amide bonds. The number of imidazole rings is 1. The second-order valence-corrected chi connectivity index (χ2v) is 11.8. The van der Waals surface area contributed by atoms with Gasteiger partial charge in [-0.3, -0.25) is 0 Å². The van der Waals surface area contributed by atoms with E-state index in [0.717, 1.165) is 30.5 Å². The molecule has 6 aliphatic rings. The van der Waals surface area contributed by atoms with Crippen molar-refractivity contribution in [3.05, 3.63) is 41.7 Å². The summed E-state index contributed by atoms with van der Waals surface area (Å²) in [6.45, 7) is 4.43. The first-order valence-corrected chi connectivity index (χ1v) is 12.3. The summed E-state index contributed by atoms with van der Waals surface area (Å²) in [5.41, 5.74) is 0.0654. The van der Waals surface area contributed by atoms with Gasteiger partial charge >= 0.3 is 0 Å². The summed E-state index contributed by atoms with van der Waals surface area (Å²) in [5.74, 6) is -2.07. The van der Waals surface area contributed by atoms with E-state index in [2.05, 4.69) is 18.8 Å². The van der Waals surface area contributed by atoms with Gasteiger partial charge in [0.05, 0.1) is 24.5 Å². The van der Waals surface area contributed by atoms with Crippen molar-refractivity contribution in [2.75, 3.05) is 6.61 Å². The van der Waals surface area contributed by atoms with Crippen molar-refractivity contribution < 1.29 is 25.2 Å². The zero-order chi connectivity index (χ0) is 23.0. The molecule has 0 radical (unpaired) electrons. The largest absolute Gasteiger partial charge is 0.392 e. The molecule has 2 aromatic rings. The minimum Gasteiger partial charge on any atom is -0.392 e. The van der Waals surface area contributed by atoms with E-state index in [1.54, 1.807) is 0 Å². The summed E-state index contributed by atoms with van der Waals surface area (Å²) < 4.78 is 6.16. The maximum atomic E-state index is 12.2. The standard InChI is InChI=1S/C26H32N2O5/c1-23(2)11-10-16(29)24-12-33-26(32,21(31)18(23)24)25-15(24)9-8-14(20(25)30)17-19(25)28-22(27-17)13-6-4-3-5-7-13/h3-7,14-16,18,20-21,29-32H,8-12H2,1-2H3,(H,27,28)/t14-,15?,16-,18?,20+,21-,24+,25?,26-/m0/s1. The number of aromatic nitrogens is 2. The number of fused-ring (bicyclic) bond motifs is 4. The van der Waals surface area contributed by atoms with E-state index in [9.17, 15) is 20.4 Å². The lowest BCUT2D eigenvalue weighted by molar-refractivity contribution is -0.449. The SMILES string of the molecule is CC1(C)CC[C@H](O)[C@]23CO[C@@](O)([C@@H](O)C12)C12c4nc(-c5ccccc5)[nH]c4[C@H](CCC13)[C@H]2O. The molecule has 4 aliphatic carbocycles. The predicted octanol–water partition coefficient (Wildman–Crippen LogP) is 2.06. The lowest BCUT2D eigenvalue weighted by Crippen LogP contribution is -2.86. The second kappa shape index (κ2) is 6.07. The van der Waals surface area contributed by atoms with E-state index < -0.39 is 34.9 Å². The van der Waals surface area contributed by atoms with Gasteiger partial charge in [0.25, 0.3) is 0 Å². The molecule has 1 aromatic heterocycles. The summed E-state index contributed by atoms with van der Waals surface area (Å²) >= 11 is 0. The quantitative estimate of drug-likeness (QED) is 0.452. The molecule has 4 bridgehead atoms. The Morgan fingerprint density at radius 2 is 1.79 bits per heavy atom. The zero-order valence-electron chi connectivity index (χ0n) is 19.0. The fourth-order valence-corrected chi connectivity index (χ4v) is 9.12. The highest BCUT2D eigenvalue weighted by Gasteiger charge is 2.85. The van der Waals surface area contributed by atoms with Crippen molar-refractivity contribution in [3.8, 4) is 11.4 Å². The highest BCUT2D eigenvalue weighted by molar-refractivity contribution is 5.59. The average Bonchev–Trinajstić information content (AvgIpc) is 3.27. The van der Waals surface area contributed by atoms with E-state index in [4.69, 9.17) is 9.72 Å². The van der Waals surface area contributed by atoms with Crippen molar-refractivity contribution in [2.45, 2.75) is 75.0 Å². The third-order valence-electron chi connectivity index (χ3n) is 10.3. The van der Waals surface area contributed by atoms with Crippen LogP contribution < -0.4 is 0 Å². The molecule has 1 aromatic carbocycles. The van der Waals surface area contributed by atoms with E-state index in [0.29, 0.717) is 17.9 Å². The van der Waals surface area contributed by atoms with Crippen LogP contribution in [0.25, 0.3) is 11.4 Å². The van der Waals surface area contributed by atoms with Gasteiger partial charge in [-0.05, 0) is 37.0 Å². The van der Waals surface area contributed by atoms with Gasteiger partial charge in [-0.1, -0.05) is 44.2 Å². The molecule has 5 fully saturated rings.